The van der Waals surface area contributed by atoms with Gasteiger partial charge in [0, 0.05) is 29.6 Å². The summed E-state index contributed by atoms with van der Waals surface area (Å²) in [5.74, 6) is 0.684. The number of hydrogen-bond acceptors (Lipinski definition) is 6. The van der Waals surface area contributed by atoms with Crippen molar-refractivity contribution in [3.05, 3.63) is 64.6 Å². The lowest BCUT2D eigenvalue weighted by atomic mass is 9.99. The van der Waals surface area contributed by atoms with Crippen LogP contribution in [0, 0.1) is 5.82 Å². The van der Waals surface area contributed by atoms with Crippen LogP contribution in [-0.4, -0.2) is 44.2 Å². The van der Waals surface area contributed by atoms with Crippen LogP contribution in [0.25, 0.3) is 22.6 Å². The SMILES string of the molecule is O=C(c1cc(-c2ccc(F)cc2)n[nH]1)N1CC(c2nc(-c3ccsc3)no2)C1. The van der Waals surface area contributed by atoms with E-state index in [2.05, 4.69) is 20.3 Å². The molecule has 4 heterocycles. The Bertz CT molecular complexity index is 1110. The Balaban J connectivity index is 1.24. The smallest absolute Gasteiger partial charge is 0.271 e. The summed E-state index contributed by atoms with van der Waals surface area (Å²) in [6, 6.07) is 9.58. The second-order valence-electron chi connectivity index (χ2n) is 6.55. The van der Waals surface area contributed by atoms with Crippen LogP contribution < -0.4 is 0 Å². The zero-order valence-electron chi connectivity index (χ0n) is 14.5. The number of aromatic amines is 1. The molecular weight excluding hydrogens is 381 g/mol. The molecule has 0 radical (unpaired) electrons. The van der Waals surface area contributed by atoms with Crippen LogP contribution in [0.2, 0.25) is 0 Å². The Labute approximate surface area is 162 Å². The topological polar surface area (TPSA) is 87.9 Å². The maximum atomic E-state index is 13.0. The number of aromatic nitrogens is 4. The van der Waals surface area contributed by atoms with Gasteiger partial charge in [-0.05, 0) is 41.8 Å². The second-order valence-corrected chi connectivity index (χ2v) is 7.33. The zero-order valence-corrected chi connectivity index (χ0v) is 15.3. The number of thiophene rings is 1. The number of halogens is 1. The number of rotatable bonds is 4. The molecule has 0 aliphatic carbocycles. The molecule has 0 spiro atoms. The molecule has 1 saturated heterocycles. The highest BCUT2D eigenvalue weighted by molar-refractivity contribution is 7.08. The molecule has 4 aromatic rings. The lowest BCUT2D eigenvalue weighted by Crippen LogP contribution is -2.48. The number of carbonyl (C=O) groups is 1. The van der Waals surface area contributed by atoms with Crippen LogP contribution in [0.3, 0.4) is 0 Å². The van der Waals surface area contributed by atoms with E-state index in [0.717, 1.165) is 11.1 Å². The fourth-order valence-electron chi connectivity index (χ4n) is 3.08. The van der Waals surface area contributed by atoms with Crippen molar-refractivity contribution < 1.29 is 13.7 Å². The molecule has 0 unspecified atom stereocenters. The van der Waals surface area contributed by atoms with Crippen LogP contribution >= 0.6 is 11.3 Å². The molecular formula is C19H14FN5O2S. The molecule has 7 nitrogen and oxygen atoms in total. The van der Waals surface area contributed by atoms with E-state index in [1.54, 1.807) is 34.4 Å². The average molecular weight is 395 g/mol. The third-order valence-electron chi connectivity index (χ3n) is 4.69. The molecule has 1 aliphatic heterocycles. The van der Waals surface area contributed by atoms with Gasteiger partial charge in [-0.2, -0.15) is 21.4 Å². The maximum Gasteiger partial charge on any atom is 0.271 e. The number of amides is 1. The Hall–Kier alpha value is -3.33. The second kappa shape index (κ2) is 6.68. The Morgan fingerprint density at radius 2 is 2.04 bits per heavy atom. The highest BCUT2D eigenvalue weighted by Gasteiger charge is 2.36. The molecule has 1 N–H and O–H groups in total. The average Bonchev–Trinajstić information content (AvgIpc) is 3.42. The van der Waals surface area contributed by atoms with Gasteiger partial charge < -0.3 is 9.42 Å². The summed E-state index contributed by atoms with van der Waals surface area (Å²) in [4.78, 5) is 18.8. The largest absolute Gasteiger partial charge is 0.339 e. The van der Waals surface area contributed by atoms with Crippen molar-refractivity contribution in [1.82, 2.24) is 25.2 Å². The Morgan fingerprint density at radius 3 is 2.79 bits per heavy atom. The summed E-state index contributed by atoms with van der Waals surface area (Å²) < 4.78 is 18.4. The van der Waals surface area contributed by atoms with Gasteiger partial charge in [0.15, 0.2) is 0 Å². The van der Waals surface area contributed by atoms with Crippen molar-refractivity contribution in [3.63, 3.8) is 0 Å². The van der Waals surface area contributed by atoms with Crippen molar-refractivity contribution in [3.8, 4) is 22.6 Å². The van der Waals surface area contributed by atoms with Crippen LogP contribution in [0.5, 0.6) is 0 Å². The molecule has 0 bridgehead atoms. The highest BCUT2D eigenvalue weighted by atomic mass is 32.1. The molecule has 1 aromatic carbocycles. The van der Waals surface area contributed by atoms with E-state index in [1.165, 1.54) is 12.1 Å². The van der Waals surface area contributed by atoms with Gasteiger partial charge in [-0.15, -0.1) is 0 Å². The standard InChI is InChI=1S/C19H14FN5O2S/c20-14-3-1-11(2-4-14)15-7-16(23-22-15)19(26)25-8-13(9-25)18-21-17(24-27-18)12-5-6-28-10-12/h1-7,10,13H,8-9H2,(H,22,23). The Morgan fingerprint density at radius 1 is 1.21 bits per heavy atom. The predicted octanol–water partition coefficient (Wildman–Crippen LogP) is 3.57. The molecule has 28 heavy (non-hydrogen) atoms. The molecule has 1 amide bonds. The van der Waals surface area contributed by atoms with E-state index in [4.69, 9.17) is 4.52 Å². The first-order chi connectivity index (χ1) is 13.7. The van der Waals surface area contributed by atoms with E-state index in [1.807, 2.05) is 16.8 Å². The number of nitrogens with one attached hydrogen (secondary N) is 1. The summed E-state index contributed by atoms with van der Waals surface area (Å²) in [5, 5.41) is 14.8. The third-order valence-corrected chi connectivity index (χ3v) is 5.37. The van der Waals surface area contributed by atoms with E-state index < -0.39 is 0 Å². The first-order valence-corrected chi connectivity index (χ1v) is 9.58. The molecule has 0 atom stereocenters. The molecule has 5 rings (SSSR count). The zero-order chi connectivity index (χ0) is 19.1. The molecule has 1 fully saturated rings. The molecule has 9 heteroatoms. The van der Waals surface area contributed by atoms with E-state index >= 15 is 0 Å². The van der Waals surface area contributed by atoms with Gasteiger partial charge in [0.2, 0.25) is 11.7 Å². The number of carbonyl (C=O) groups excluding carboxylic acids is 1. The van der Waals surface area contributed by atoms with Crippen molar-refractivity contribution in [2.24, 2.45) is 0 Å². The minimum absolute atomic E-state index is 0.0309. The summed E-state index contributed by atoms with van der Waals surface area (Å²) in [5.41, 5.74) is 2.66. The summed E-state index contributed by atoms with van der Waals surface area (Å²) in [7, 11) is 0. The summed E-state index contributed by atoms with van der Waals surface area (Å²) in [6.07, 6.45) is 0. The lowest BCUT2D eigenvalue weighted by Gasteiger charge is -2.36. The van der Waals surface area contributed by atoms with E-state index in [0.29, 0.717) is 36.2 Å². The van der Waals surface area contributed by atoms with Gasteiger partial charge in [0.1, 0.15) is 11.5 Å². The predicted molar refractivity (Wildman–Crippen MR) is 100 cm³/mol. The van der Waals surface area contributed by atoms with E-state index in [9.17, 15) is 9.18 Å². The quantitative estimate of drug-likeness (QED) is 0.571. The third kappa shape index (κ3) is 2.99. The number of hydrogen-bond donors (Lipinski definition) is 1. The van der Waals surface area contributed by atoms with Crippen molar-refractivity contribution in [2.45, 2.75) is 5.92 Å². The van der Waals surface area contributed by atoms with Crippen molar-refractivity contribution in [1.29, 1.82) is 0 Å². The molecule has 3 aromatic heterocycles. The fraction of sp³-hybridized carbons (Fsp3) is 0.158. The number of H-pyrrole nitrogens is 1. The van der Waals surface area contributed by atoms with Gasteiger partial charge >= 0.3 is 0 Å². The van der Waals surface area contributed by atoms with Crippen LogP contribution in [0.1, 0.15) is 22.3 Å². The first-order valence-electron chi connectivity index (χ1n) is 8.64. The maximum absolute atomic E-state index is 13.0. The van der Waals surface area contributed by atoms with Crippen molar-refractivity contribution >= 4 is 17.2 Å². The van der Waals surface area contributed by atoms with Gasteiger partial charge in [-0.1, -0.05) is 5.16 Å². The molecule has 0 saturated carbocycles. The van der Waals surface area contributed by atoms with Gasteiger partial charge in [-0.3, -0.25) is 9.89 Å². The van der Waals surface area contributed by atoms with Gasteiger partial charge in [0.25, 0.3) is 5.91 Å². The molecule has 1 aliphatic rings. The monoisotopic (exact) mass is 395 g/mol. The normalized spacial score (nSPS) is 14.2. The van der Waals surface area contributed by atoms with Gasteiger partial charge in [0.05, 0.1) is 11.6 Å². The number of benzene rings is 1. The number of likely N-dealkylation sites (tertiary alicyclic amines) is 1. The van der Waals surface area contributed by atoms with Crippen LogP contribution in [0.4, 0.5) is 4.39 Å². The minimum Gasteiger partial charge on any atom is -0.339 e. The lowest BCUT2D eigenvalue weighted by molar-refractivity contribution is 0.0563. The fourth-order valence-corrected chi connectivity index (χ4v) is 3.72. The summed E-state index contributed by atoms with van der Waals surface area (Å²) >= 11 is 1.57. The Kier molecular flexibility index (Phi) is 4.01. The van der Waals surface area contributed by atoms with Crippen LogP contribution in [0.15, 0.2) is 51.7 Å². The minimum atomic E-state index is -0.314. The highest BCUT2D eigenvalue weighted by Crippen LogP contribution is 2.29. The first kappa shape index (κ1) is 16.8. The summed E-state index contributed by atoms with van der Waals surface area (Å²) in [6.45, 7) is 1.02. The van der Waals surface area contributed by atoms with Crippen LogP contribution in [-0.2, 0) is 0 Å². The van der Waals surface area contributed by atoms with Crippen molar-refractivity contribution in [2.75, 3.05) is 13.1 Å². The van der Waals surface area contributed by atoms with E-state index in [-0.39, 0.29) is 17.6 Å². The number of nitrogens with zero attached hydrogens (tertiary/aromatic N) is 4. The molecule has 140 valence electrons. The van der Waals surface area contributed by atoms with Gasteiger partial charge in [-0.25, -0.2) is 4.39 Å².